The number of fused-ring (bicyclic) bond motifs is 3. The van der Waals surface area contributed by atoms with E-state index in [1.54, 1.807) is 7.11 Å². The molecule has 0 saturated carbocycles. The number of pyridine rings is 1. The van der Waals surface area contributed by atoms with Crippen molar-refractivity contribution < 1.29 is 4.74 Å². The van der Waals surface area contributed by atoms with Crippen LogP contribution in [0.2, 0.25) is 0 Å². The van der Waals surface area contributed by atoms with Gasteiger partial charge in [-0.2, -0.15) is 0 Å². The molecular formula is C17H23N3O. The van der Waals surface area contributed by atoms with Gasteiger partial charge in [0, 0.05) is 30.2 Å². The minimum Gasteiger partial charge on any atom is -0.494 e. The van der Waals surface area contributed by atoms with Crippen LogP contribution in [0.4, 0.5) is 5.69 Å². The molecule has 0 aliphatic carbocycles. The van der Waals surface area contributed by atoms with E-state index in [2.05, 4.69) is 40.8 Å². The summed E-state index contributed by atoms with van der Waals surface area (Å²) in [6.45, 7) is 8.55. The number of rotatable bonds is 4. The van der Waals surface area contributed by atoms with Crippen LogP contribution >= 0.6 is 0 Å². The monoisotopic (exact) mass is 285 g/mol. The lowest BCUT2D eigenvalue weighted by atomic mass is 10.0. The van der Waals surface area contributed by atoms with E-state index in [1.165, 1.54) is 16.6 Å². The molecule has 0 atom stereocenters. The fourth-order valence-electron chi connectivity index (χ4n) is 3.14. The summed E-state index contributed by atoms with van der Waals surface area (Å²) in [5.74, 6) is 0.852. The summed E-state index contributed by atoms with van der Waals surface area (Å²) in [6.07, 6.45) is 3.16. The number of benzene rings is 1. The topological polar surface area (TPSA) is 28.6 Å². The van der Waals surface area contributed by atoms with Gasteiger partial charge in [0.1, 0.15) is 11.3 Å². The van der Waals surface area contributed by atoms with Crippen LogP contribution in [-0.2, 0) is 6.54 Å². The number of ether oxygens (including phenoxy) is 1. The highest BCUT2D eigenvalue weighted by molar-refractivity contribution is 5.96. The Hall–Kier alpha value is -1.81. The van der Waals surface area contributed by atoms with Gasteiger partial charge in [0.25, 0.3) is 0 Å². The molecule has 0 unspecified atom stereocenters. The Kier molecular flexibility index (Phi) is 3.97. The summed E-state index contributed by atoms with van der Waals surface area (Å²) in [4.78, 5) is 9.58. The first kappa shape index (κ1) is 14.1. The third kappa shape index (κ3) is 2.44. The first-order valence-electron chi connectivity index (χ1n) is 7.70. The van der Waals surface area contributed by atoms with E-state index < -0.39 is 0 Å². The van der Waals surface area contributed by atoms with Crippen molar-refractivity contribution in [1.82, 2.24) is 9.88 Å². The molecule has 0 radical (unpaired) electrons. The zero-order chi connectivity index (χ0) is 14.8. The van der Waals surface area contributed by atoms with Gasteiger partial charge in [-0.3, -0.25) is 9.88 Å². The van der Waals surface area contributed by atoms with Crippen LogP contribution in [0.3, 0.4) is 0 Å². The Balaban J connectivity index is 2.18. The van der Waals surface area contributed by atoms with Gasteiger partial charge in [0.2, 0.25) is 0 Å². The molecule has 3 rings (SSSR count). The van der Waals surface area contributed by atoms with Gasteiger partial charge in [0.15, 0.2) is 0 Å². The summed E-state index contributed by atoms with van der Waals surface area (Å²) >= 11 is 0. The van der Waals surface area contributed by atoms with E-state index in [4.69, 9.17) is 4.74 Å². The van der Waals surface area contributed by atoms with Crippen LogP contribution in [0.15, 0.2) is 24.4 Å². The molecule has 4 heteroatoms. The molecule has 1 aromatic carbocycles. The van der Waals surface area contributed by atoms with Crippen molar-refractivity contribution in [3.63, 3.8) is 0 Å². The van der Waals surface area contributed by atoms with Crippen molar-refractivity contribution in [1.29, 1.82) is 0 Å². The SMILES string of the molecule is CCCN1CN(CC)Cc2cnc3c(OC)cccc3c21. The largest absolute Gasteiger partial charge is 0.494 e. The molecule has 0 bridgehead atoms. The van der Waals surface area contributed by atoms with Crippen molar-refractivity contribution in [3.05, 3.63) is 30.0 Å². The fraction of sp³-hybridized carbons (Fsp3) is 0.471. The molecule has 1 aromatic heterocycles. The molecule has 2 aromatic rings. The molecular weight excluding hydrogens is 262 g/mol. The Morgan fingerprint density at radius 3 is 2.86 bits per heavy atom. The van der Waals surface area contributed by atoms with Crippen LogP contribution in [0.25, 0.3) is 10.9 Å². The molecule has 112 valence electrons. The predicted octanol–water partition coefficient (Wildman–Crippen LogP) is 3.25. The molecule has 0 N–H and O–H groups in total. The van der Waals surface area contributed by atoms with E-state index in [0.29, 0.717) is 0 Å². The van der Waals surface area contributed by atoms with Gasteiger partial charge in [-0.1, -0.05) is 26.0 Å². The predicted molar refractivity (Wildman–Crippen MR) is 86.9 cm³/mol. The van der Waals surface area contributed by atoms with Gasteiger partial charge in [0.05, 0.1) is 19.5 Å². The van der Waals surface area contributed by atoms with E-state index in [9.17, 15) is 0 Å². The number of para-hydroxylation sites is 1. The van der Waals surface area contributed by atoms with Crippen molar-refractivity contribution in [2.75, 3.05) is 31.8 Å². The third-order valence-electron chi connectivity index (χ3n) is 4.15. The van der Waals surface area contributed by atoms with Crippen molar-refractivity contribution in [2.24, 2.45) is 0 Å². The maximum Gasteiger partial charge on any atom is 0.145 e. The molecule has 0 spiro atoms. The number of hydrogen-bond acceptors (Lipinski definition) is 4. The first-order valence-corrected chi connectivity index (χ1v) is 7.70. The number of nitrogens with zero attached hydrogens (tertiary/aromatic N) is 3. The Bertz CT molecular complexity index is 641. The van der Waals surface area contributed by atoms with Crippen molar-refractivity contribution in [3.8, 4) is 5.75 Å². The van der Waals surface area contributed by atoms with E-state index in [0.717, 1.165) is 44.0 Å². The van der Waals surface area contributed by atoms with Crippen LogP contribution in [0, 0.1) is 0 Å². The van der Waals surface area contributed by atoms with Gasteiger partial charge in [-0.05, 0) is 19.0 Å². The lowest BCUT2D eigenvalue weighted by Crippen LogP contribution is -2.42. The molecule has 1 aliphatic rings. The number of anilines is 1. The molecule has 4 nitrogen and oxygen atoms in total. The Labute approximate surface area is 126 Å². The highest BCUT2D eigenvalue weighted by atomic mass is 16.5. The van der Waals surface area contributed by atoms with Crippen molar-refractivity contribution in [2.45, 2.75) is 26.8 Å². The highest BCUT2D eigenvalue weighted by Crippen LogP contribution is 2.36. The molecule has 2 heterocycles. The lowest BCUT2D eigenvalue weighted by Gasteiger charge is -2.38. The van der Waals surface area contributed by atoms with Crippen molar-refractivity contribution >= 4 is 16.6 Å². The fourth-order valence-corrected chi connectivity index (χ4v) is 3.14. The standard InChI is InChI=1S/C17H23N3O/c1-4-9-20-12-19(5-2)11-13-10-18-16-14(17(13)20)7-6-8-15(16)21-3/h6-8,10H,4-5,9,11-12H2,1-3H3. The van der Waals surface area contributed by atoms with Gasteiger partial charge >= 0.3 is 0 Å². The summed E-state index contributed by atoms with van der Waals surface area (Å²) in [5, 5.41) is 1.20. The minimum atomic E-state index is 0.852. The first-order chi connectivity index (χ1) is 10.3. The van der Waals surface area contributed by atoms with Crippen LogP contribution in [-0.4, -0.2) is 36.8 Å². The molecule has 1 aliphatic heterocycles. The average Bonchev–Trinajstić information content (AvgIpc) is 2.53. The smallest absolute Gasteiger partial charge is 0.145 e. The third-order valence-corrected chi connectivity index (χ3v) is 4.15. The summed E-state index contributed by atoms with van der Waals surface area (Å²) < 4.78 is 5.46. The molecule has 0 saturated heterocycles. The summed E-state index contributed by atoms with van der Waals surface area (Å²) in [6, 6.07) is 6.19. The van der Waals surface area contributed by atoms with E-state index in [-0.39, 0.29) is 0 Å². The maximum absolute atomic E-state index is 5.46. The maximum atomic E-state index is 5.46. The zero-order valence-corrected chi connectivity index (χ0v) is 13.1. The summed E-state index contributed by atoms with van der Waals surface area (Å²) in [7, 11) is 1.71. The normalized spacial score (nSPS) is 15.3. The molecule has 0 amide bonds. The van der Waals surface area contributed by atoms with Crippen LogP contribution in [0.5, 0.6) is 5.75 Å². The Morgan fingerprint density at radius 1 is 1.29 bits per heavy atom. The molecule has 21 heavy (non-hydrogen) atoms. The quantitative estimate of drug-likeness (QED) is 0.862. The zero-order valence-electron chi connectivity index (χ0n) is 13.1. The summed E-state index contributed by atoms with van der Waals surface area (Å²) in [5.41, 5.74) is 3.62. The second kappa shape index (κ2) is 5.90. The van der Waals surface area contributed by atoms with Gasteiger partial charge in [-0.25, -0.2) is 0 Å². The van der Waals surface area contributed by atoms with Gasteiger partial charge in [-0.15, -0.1) is 0 Å². The van der Waals surface area contributed by atoms with E-state index in [1.807, 2.05) is 12.3 Å². The number of aromatic nitrogens is 1. The molecule has 0 fully saturated rings. The minimum absolute atomic E-state index is 0.852. The van der Waals surface area contributed by atoms with Crippen LogP contribution < -0.4 is 9.64 Å². The lowest BCUT2D eigenvalue weighted by molar-refractivity contribution is 0.265. The second-order valence-corrected chi connectivity index (χ2v) is 5.54. The number of hydrogen-bond donors (Lipinski definition) is 0. The highest BCUT2D eigenvalue weighted by Gasteiger charge is 2.24. The number of methoxy groups -OCH3 is 1. The second-order valence-electron chi connectivity index (χ2n) is 5.54. The van der Waals surface area contributed by atoms with E-state index >= 15 is 0 Å². The average molecular weight is 285 g/mol. The van der Waals surface area contributed by atoms with Crippen LogP contribution in [0.1, 0.15) is 25.8 Å². The van der Waals surface area contributed by atoms with Gasteiger partial charge < -0.3 is 9.64 Å². The Morgan fingerprint density at radius 2 is 2.14 bits per heavy atom.